The molecule has 0 spiro atoms. The van der Waals surface area contributed by atoms with E-state index in [-0.39, 0.29) is 11.2 Å². The van der Waals surface area contributed by atoms with Crippen molar-refractivity contribution in [1.82, 2.24) is 4.90 Å². The predicted molar refractivity (Wildman–Crippen MR) is 89.8 cm³/mol. The molecule has 2 rings (SSSR count). The van der Waals surface area contributed by atoms with Gasteiger partial charge in [-0.15, -0.1) is 11.8 Å². The molecule has 1 heterocycles. The zero-order chi connectivity index (χ0) is 16.1. The van der Waals surface area contributed by atoms with Gasteiger partial charge in [0.25, 0.3) is 0 Å². The average molecular weight is 323 g/mol. The lowest BCUT2D eigenvalue weighted by Crippen LogP contribution is -2.41. The molecule has 5 heteroatoms. The molecule has 1 saturated heterocycles. The molecule has 1 amide bonds. The van der Waals surface area contributed by atoms with Crippen LogP contribution in [0.2, 0.25) is 0 Å². The van der Waals surface area contributed by atoms with Gasteiger partial charge >= 0.3 is 0 Å². The van der Waals surface area contributed by atoms with Crippen molar-refractivity contribution in [3.63, 3.8) is 0 Å². The summed E-state index contributed by atoms with van der Waals surface area (Å²) in [5.74, 6) is 2.36. The van der Waals surface area contributed by atoms with Gasteiger partial charge in [0.15, 0.2) is 11.5 Å². The third kappa shape index (κ3) is 4.09. The van der Waals surface area contributed by atoms with E-state index in [1.165, 1.54) is 0 Å². The first-order valence-electron chi connectivity index (χ1n) is 7.72. The van der Waals surface area contributed by atoms with E-state index in [9.17, 15) is 4.79 Å². The summed E-state index contributed by atoms with van der Waals surface area (Å²) in [6.45, 7) is 6.00. The highest BCUT2D eigenvalue weighted by Crippen LogP contribution is 2.34. The maximum atomic E-state index is 12.5. The Hall–Kier alpha value is -1.36. The predicted octanol–water partition coefficient (Wildman–Crippen LogP) is 3.44. The molecule has 1 fully saturated rings. The molecule has 1 aromatic rings. The Kier molecular flexibility index (Phi) is 6.00. The number of nitrogens with zero attached hydrogens (tertiary/aromatic N) is 1. The van der Waals surface area contributed by atoms with Gasteiger partial charge in [0.05, 0.1) is 19.5 Å². The van der Waals surface area contributed by atoms with Gasteiger partial charge < -0.3 is 14.4 Å². The zero-order valence-corrected chi connectivity index (χ0v) is 14.6. The number of ether oxygens (including phenoxy) is 2. The van der Waals surface area contributed by atoms with Crippen LogP contribution in [-0.2, 0) is 4.79 Å². The normalized spacial score (nSPS) is 17.2. The van der Waals surface area contributed by atoms with Crippen LogP contribution in [-0.4, -0.2) is 43.4 Å². The van der Waals surface area contributed by atoms with Crippen LogP contribution in [0.1, 0.15) is 26.7 Å². The Morgan fingerprint density at radius 1 is 1.23 bits per heavy atom. The van der Waals surface area contributed by atoms with E-state index in [2.05, 4.69) is 6.92 Å². The molecule has 0 unspecified atom stereocenters. The molecular formula is C17H25NO3S. The third-order valence-corrected chi connectivity index (χ3v) is 5.19. The molecule has 1 aliphatic heterocycles. The van der Waals surface area contributed by atoms with Crippen molar-refractivity contribution < 1.29 is 14.3 Å². The van der Waals surface area contributed by atoms with Gasteiger partial charge in [0.1, 0.15) is 0 Å². The number of rotatable bonds is 5. The Labute approximate surface area is 137 Å². The van der Waals surface area contributed by atoms with E-state index in [0.29, 0.717) is 11.5 Å². The molecule has 0 saturated carbocycles. The molecule has 0 aliphatic carbocycles. The smallest absolute Gasteiger partial charge is 0.235 e. The van der Waals surface area contributed by atoms with Crippen LogP contribution in [0.5, 0.6) is 11.5 Å². The van der Waals surface area contributed by atoms with Crippen LogP contribution in [0.3, 0.4) is 0 Å². The summed E-state index contributed by atoms with van der Waals surface area (Å²) < 4.78 is 10.6. The summed E-state index contributed by atoms with van der Waals surface area (Å²) >= 11 is 1.57. The number of likely N-dealkylation sites (tertiary alicyclic amines) is 1. The quantitative estimate of drug-likeness (QED) is 0.778. The summed E-state index contributed by atoms with van der Waals surface area (Å²) in [5.41, 5.74) is 0. The third-order valence-electron chi connectivity index (χ3n) is 4.11. The molecular weight excluding hydrogens is 298 g/mol. The summed E-state index contributed by atoms with van der Waals surface area (Å²) in [6.07, 6.45) is 2.22. The van der Waals surface area contributed by atoms with Crippen LogP contribution >= 0.6 is 11.8 Å². The van der Waals surface area contributed by atoms with Gasteiger partial charge in [-0.05, 0) is 43.9 Å². The maximum absolute atomic E-state index is 12.5. The molecule has 0 bridgehead atoms. The highest BCUT2D eigenvalue weighted by atomic mass is 32.2. The number of hydrogen-bond acceptors (Lipinski definition) is 4. The van der Waals surface area contributed by atoms with Crippen molar-refractivity contribution >= 4 is 17.7 Å². The molecule has 1 aliphatic rings. The van der Waals surface area contributed by atoms with Crippen LogP contribution < -0.4 is 9.47 Å². The number of benzene rings is 1. The molecule has 0 N–H and O–H groups in total. The SMILES string of the molecule is COc1ccc(S[C@H](C)C(=O)N2CCC(C)CC2)cc1OC. The van der Waals surface area contributed by atoms with Crippen molar-refractivity contribution in [3.8, 4) is 11.5 Å². The fourth-order valence-electron chi connectivity index (χ4n) is 2.63. The van der Waals surface area contributed by atoms with E-state index in [4.69, 9.17) is 9.47 Å². The first-order valence-corrected chi connectivity index (χ1v) is 8.60. The highest BCUT2D eigenvalue weighted by molar-refractivity contribution is 8.00. The second-order valence-electron chi connectivity index (χ2n) is 5.78. The summed E-state index contributed by atoms with van der Waals surface area (Å²) in [7, 11) is 3.24. The Bertz CT molecular complexity index is 513. The van der Waals surface area contributed by atoms with Crippen LogP contribution in [0.15, 0.2) is 23.1 Å². The molecule has 1 atom stereocenters. The number of amides is 1. The van der Waals surface area contributed by atoms with Crippen molar-refractivity contribution in [1.29, 1.82) is 0 Å². The van der Waals surface area contributed by atoms with Gasteiger partial charge in [-0.25, -0.2) is 0 Å². The fourth-order valence-corrected chi connectivity index (χ4v) is 3.61. The number of carbonyl (C=O) groups is 1. The van der Waals surface area contributed by atoms with E-state index in [0.717, 1.165) is 36.7 Å². The Morgan fingerprint density at radius 2 is 1.86 bits per heavy atom. The van der Waals surface area contributed by atoms with Crippen LogP contribution in [0.25, 0.3) is 0 Å². The number of methoxy groups -OCH3 is 2. The number of thioether (sulfide) groups is 1. The topological polar surface area (TPSA) is 38.8 Å². The zero-order valence-electron chi connectivity index (χ0n) is 13.8. The molecule has 4 nitrogen and oxygen atoms in total. The first-order chi connectivity index (χ1) is 10.5. The van der Waals surface area contributed by atoms with Gasteiger partial charge in [0.2, 0.25) is 5.91 Å². The molecule has 122 valence electrons. The molecule has 22 heavy (non-hydrogen) atoms. The van der Waals surface area contributed by atoms with Crippen molar-refractivity contribution in [2.45, 2.75) is 36.8 Å². The summed E-state index contributed by atoms with van der Waals surface area (Å²) in [4.78, 5) is 15.6. The lowest BCUT2D eigenvalue weighted by atomic mass is 9.99. The first kappa shape index (κ1) is 17.0. The lowest BCUT2D eigenvalue weighted by molar-refractivity contribution is -0.131. The number of piperidine rings is 1. The Morgan fingerprint density at radius 3 is 2.45 bits per heavy atom. The standard InChI is InChI=1S/C17H25NO3S/c1-12-7-9-18(10-8-12)17(19)13(2)22-14-5-6-15(20-3)16(11-14)21-4/h5-6,11-13H,7-10H2,1-4H3/t13-/m1/s1. The van der Waals surface area contributed by atoms with Gasteiger partial charge in [-0.2, -0.15) is 0 Å². The van der Waals surface area contributed by atoms with E-state index in [1.54, 1.807) is 26.0 Å². The molecule has 0 aromatic heterocycles. The minimum Gasteiger partial charge on any atom is -0.493 e. The van der Waals surface area contributed by atoms with E-state index in [1.807, 2.05) is 30.0 Å². The maximum Gasteiger partial charge on any atom is 0.235 e. The van der Waals surface area contributed by atoms with Gasteiger partial charge in [0, 0.05) is 18.0 Å². The van der Waals surface area contributed by atoms with Gasteiger partial charge in [-0.1, -0.05) is 6.92 Å². The number of carbonyl (C=O) groups excluding carboxylic acids is 1. The summed E-state index contributed by atoms with van der Waals surface area (Å²) in [6, 6.07) is 5.76. The largest absolute Gasteiger partial charge is 0.493 e. The van der Waals surface area contributed by atoms with Crippen molar-refractivity contribution in [3.05, 3.63) is 18.2 Å². The van der Waals surface area contributed by atoms with E-state index < -0.39 is 0 Å². The fraction of sp³-hybridized carbons (Fsp3) is 0.588. The minimum atomic E-state index is -0.0912. The lowest BCUT2D eigenvalue weighted by Gasteiger charge is -2.32. The second kappa shape index (κ2) is 7.77. The second-order valence-corrected chi connectivity index (χ2v) is 7.20. The van der Waals surface area contributed by atoms with Gasteiger partial charge in [-0.3, -0.25) is 4.79 Å². The van der Waals surface area contributed by atoms with Crippen molar-refractivity contribution in [2.24, 2.45) is 5.92 Å². The number of hydrogen-bond donors (Lipinski definition) is 0. The van der Waals surface area contributed by atoms with E-state index >= 15 is 0 Å². The monoisotopic (exact) mass is 323 g/mol. The molecule has 1 aromatic carbocycles. The minimum absolute atomic E-state index is 0.0912. The highest BCUT2D eigenvalue weighted by Gasteiger charge is 2.25. The van der Waals surface area contributed by atoms with Crippen LogP contribution in [0, 0.1) is 5.92 Å². The molecule has 0 radical (unpaired) electrons. The van der Waals surface area contributed by atoms with Crippen LogP contribution in [0.4, 0.5) is 0 Å². The average Bonchev–Trinajstić information content (AvgIpc) is 2.54. The van der Waals surface area contributed by atoms with Crippen molar-refractivity contribution in [2.75, 3.05) is 27.3 Å². The Balaban J connectivity index is 1.99. The summed E-state index contributed by atoms with van der Waals surface area (Å²) in [5, 5.41) is -0.0912.